The Bertz CT molecular complexity index is 1360. The molecule has 8 heteroatoms. The predicted molar refractivity (Wildman–Crippen MR) is 115 cm³/mol. The van der Waals surface area contributed by atoms with Gasteiger partial charge in [0.2, 0.25) is 0 Å². The van der Waals surface area contributed by atoms with Gasteiger partial charge in [-0.25, -0.2) is 0 Å². The summed E-state index contributed by atoms with van der Waals surface area (Å²) in [4.78, 5) is 15.2. The molecule has 1 saturated heterocycles. The number of aromatic nitrogens is 5. The van der Waals surface area contributed by atoms with Gasteiger partial charge in [0, 0.05) is 30.6 Å². The SMILES string of the molecule is O=C(c1cn[nH]c1-c1cc2ccccc2o1)N1CCC(c2nnc3ccccn23)CC1. The van der Waals surface area contributed by atoms with Gasteiger partial charge in [0.1, 0.15) is 17.1 Å². The van der Waals surface area contributed by atoms with Crippen molar-refractivity contribution in [1.82, 2.24) is 29.7 Å². The molecule has 31 heavy (non-hydrogen) atoms. The van der Waals surface area contributed by atoms with Crippen LogP contribution in [0.4, 0.5) is 0 Å². The summed E-state index contributed by atoms with van der Waals surface area (Å²) in [5.41, 5.74) is 2.79. The minimum absolute atomic E-state index is 0.0336. The van der Waals surface area contributed by atoms with Crippen molar-refractivity contribution in [3.05, 3.63) is 72.3 Å². The number of rotatable bonds is 3. The van der Waals surface area contributed by atoms with Gasteiger partial charge in [-0.3, -0.25) is 14.3 Å². The lowest BCUT2D eigenvalue weighted by atomic mass is 9.95. The van der Waals surface area contributed by atoms with Crippen LogP contribution in [0.15, 0.2) is 65.3 Å². The summed E-state index contributed by atoms with van der Waals surface area (Å²) in [6.07, 6.45) is 5.27. The summed E-state index contributed by atoms with van der Waals surface area (Å²) in [5.74, 6) is 1.83. The highest BCUT2D eigenvalue weighted by molar-refractivity contribution is 6.00. The van der Waals surface area contributed by atoms with E-state index in [4.69, 9.17) is 4.42 Å². The zero-order valence-electron chi connectivity index (χ0n) is 16.7. The number of fused-ring (bicyclic) bond motifs is 2. The number of carbonyl (C=O) groups excluding carboxylic acids is 1. The van der Waals surface area contributed by atoms with Crippen molar-refractivity contribution < 1.29 is 9.21 Å². The second-order valence-electron chi connectivity index (χ2n) is 7.86. The predicted octanol–water partition coefficient (Wildman–Crippen LogP) is 3.89. The van der Waals surface area contributed by atoms with Crippen molar-refractivity contribution in [2.24, 2.45) is 0 Å². The van der Waals surface area contributed by atoms with E-state index in [-0.39, 0.29) is 11.8 Å². The highest BCUT2D eigenvalue weighted by Crippen LogP contribution is 2.31. The number of likely N-dealkylation sites (tertiary alicyclic amines) is 1. The van der Waals surface area contributed by atoms with Gasteiger partial charge in [-0.1, -0.05) is 24.3 Å². The average molecular weight is 412 g/mol. The summed E-state index contributed by atoms with van der Waals surface area (Å²) < 4.78 is 7.98. The molecule has 1 N–H and O–H groups in total. The Kier molecular flexibility index (Phi) is 4.09. The molecule has 0 radical (unpaired) electrons. The molecule has 0 aliphatic carbocycles. The van der Waals surface area contributed by atoms with Crippen molar-refractivity contribution in [3.8, 4) is 11.5 Å². The number of piperidine rings is 1. The standard InChI is InChI=1S/C23H20N6O2/c30-23(17-14-24-26-21(17)19-13-16-5-1-2-6-18(16)31-19)28-11-8-15(9-12-28)22-27-25-20-7-3-4-10-29(20)22/h1-7,10,13-15H,8-9,11-12H2,(H,24,26). The van der Waals surface area contributed by atoms with E-state index in [0.29, 0.717) is 30.1 Å². The summed E-state index contributed by atoms with van der Waals surface area (Å²) >= 11 is 0. The van der Waals surface area contributed by atoms with Crippen LogP contribution in [0.25, 0.3) is 28.1 Å². The van der Waals surface area contributed by atoms with E-state index in [0.717, 1.165) is 35.3 Å². The van der Waals surface area contributed by atoms with Crippen molar-refractivity contribution in [1.29, 1.82) is 0 Å². The van der Waals surface area contributed by atoms with Crippen LogP contribution in [0.2, 0.25) is 0 Å². The quantitative estimate of drug-likeness (QED) is 0.485. The second-order valence-corrected chi connectivity index (χ2v) is 7.86. The molecule has 0 atom stereocenters. The Morgan fingerprint density at radius 2 is 1.90 bits per heavy atom. The molecule has 4 aromatic heterocycles. The lowest BCUT2D eigenvalue weighted by Crippen LogP contribution is -2.38. The number of nitrogens with one attached hydrogen (secondary N) is 1. The fourth-order valence-electron chi connectivity index (χ4n) is 4.39. The van der Waals surface area contributed by atoms with E-state index in [1.165, 1.54) is 0 Å². The summed E-state index contributed by atoms with van der Waals surface area (Å²) in [6, 6.07) is 15.6. The van der Waals surface area contributed by atoms with Gasteiger partial charge in [-0.15, -0.1) is 10.2 Å². The summed E-state index contributed by atoms with van der Waals surface area (Å²) in [5, 5.41) is 16.7. The Hall–Kier alpha value is -3.94. The molecule has 0 unspecified atom stereocenters. The molecule has 154 valence electrons. The minimum Gasteiger partial charge on any atom is -0.454 e. The number of para-hydroxylation sites is 1. The highest BCUT2D eigenvalue weighted by atomic mass is 16.3. The van der Waals surface area contributed by atoms with Gasteiger partial charge in [-0.2, -0.15) is 5.10 Å². The van der Waals surface area contributed by atoms with Gasteiger partial charge < -0.3 is 9.32 Å². The van der Waals surface area contributed by atoms with E-state index >= 15 is 0 Å². The van der Waals surface area contributed by atoms with Crippen LogP contribution in [0.3, 0.4) is 0 Å². The van der Waals surface area contributed by atoms with Gasteiger partial charge in [0.15, 0.2) is 11.4 Å². The third-order valence-corrected chi connectivity index (χ3v) is 6.03. The van der Waals surface area contributed by atoms with Crippen LogP contribution in [-0.2, 0) is 0 Å². The smallest absolute Gasteiger partial charge is 0.257 e. The molecule has 0 saturated carbocycles. The summed E-state index contributed by atoms with van der Waals surface area (Å²) in [7, 11) is 0. The Morgan fingerprint density at radius 3 is 2.77 bits per heavy atom. The fraction of sp³-hybridized carbons (Fsp3) is 0.217. The first-order valence-corrected chi connectivity index (χ1v) is 10.4. The van der Waals surface area contributed by atoms with Gasteiger partial charge in [-0.05, 0) is 37.1 Å². The topological polar surface area (TPSA) is 92.3 Å². The monoisotopic (exact) mass is 412 g/mol. The van der Waals surface area contributed by atoms with Gasteiger partial charge >= 0.3 is 0 Å². The number of H-pyrrole nitrogens is 1. The maximum atomic E-state index is 13.3. The second kappa shape index (κ2) is 7.09. The van der Waals surface area contributed by atoms with E-state index in [2.05, 4.69) is 20.4 Å². The van der Waals surface area contributed by atoms with Crippen LogP contribution in [-0.4, -0.2) is 48.7 Å². The normalized spacial score (nSPS) is 15.2. The van der Waals surface area contributed by atoms with Crippen molar-refractivity contribution >= 4 is 22.5 Å². The Labute approximate surface area is 177 Å². The number of amides is 1. The maximum Gasteiger partial charge on any atom is 0.257 e. The molecule has 1 aliphatic rings. The fourth-order valence-corrected chi connectivity index (χ4v) is 4.39. The molecule has 5 aromatic rings. The van der Waals surface area contributed by atoms with E-state index < -0.39 is 0 Å². The van der Waals surface area contributed by atoms with Crippen molar-refractivity contribution in [2.45, 2.75) is 18.8 Å². The van der Waals surface area contributed by atoms with Crippen LogP contribution < -0.4 is 0 Å². The van der Waals surface area contributed by atoms with Crippen LogP contribution in [0.1, 0.15) is 34.9 Å². The van der Waals surface area contributed by atoms with Gasteiger partial charge in [0.25, 0.3) is 5.91 Å². The number of furan rings is 1. The Morgan fingerprint density at radius 1 is 1.06 bits per heavy atom. The molecule has 1 aromatic carbocycles. The van der Waals surface area contributed by atoms with Crippen molar-refractivity contribution in [3.63, 3.8) is 0 Å². The highest BCUT2D eigenvalue weighted by Gasteiger charge is 2.29. The molecular formula is C23H20N6O2. The number of pyridine rings is 1. The summed E-state index contributed by atoms with van der Waals surface area (Å²) in [6.45, 7) is 1.33. The number of benzene rings is 1. The molecule has 8 nitrogen and oxygen atoms in total. The Balaban J connectivity index is 1.22. The number of hydrogen-bond acceptors (Lipinski definition) is 5. The minimum atomic E-state index is -0.0336. The maximum absolute atomic E-state index is 13.3. The van der Waals surface area contributed by atoms with Gasteiger partial charge in [0.05, 0.1) is 11.8 Å². The third-order valence-electron chi connectivity index (χ3n) is 6.03. The molecule has 5 heterocycles. The average Bonchev–Trinajstić information content (AvgIpc) is 3.56. The zero-order valence-corrected chi connectivity index (χ0v) is 16.7. The number of carbonyl (C=O) groups is 1. The zero-order chi connectivity index (χ0) is 20.8. The molecule has 6 rings (SSSR count). The third kappa shape index (κ3) is 2.99. The first-order valence-electron chi connectivity index (χ1n) is 10.4. The molecule has 0 bridgehead atoms. The number of hydrogen-bond donors (Lipinski definition) is 1. The molecule has 1 fully saturated rings. The van der Waals surface area contributed by atoms with Crippen LogP contribution in [0.5, 0.6) is 0 Å². The van der Waals surface area contributed by atoms with Crippen LogP contribution in [0, 0.1) is 0 Å². The van der Waals surface area contributed by atoms with E-state index in [1.54, 1.807) is 6.20 Å². The molecule has 1 amide bonds. The number of nitrogens with zero attached hydrogens (tertiary/aromatic N) is 5. The first kappa shape index (κ1) is 17.9. The lowest BCUT2D eigenvalue weighted by molar-refractivity contribution is 0.0711. The van der Waals surface area contributed by atoms with E-state index in [1.807, 2.05) is 64.0 Å². The lowest BCUT2D eigenvalue weighted by Gasteiger charge is -2.31. The molecule has 0 spiro atoms. The molecule has 1 aliphatic heterocycles. The number of aromatic amines is 1. The van der Waals surface area contributed by atoms with E-state index in [9.17, 15) is 4.79 Å². The molecular weight excluding hydrogens is 392 g/mol. The van der Waals surface area contributed by atoms with Crippen LogP contribution >= 0.6 is 0 Å². The largest absolute Gasteiger partial charge is 0.454 e. The van der Waals surface area contributed by atoms with Crippen molar-refractivity contribution in [2.75, 3.05) is 13.1 Å². The first-order chi connectivity index (χ1) is 15.3.